The maximum atomic E-state index is 13.7. The molecule has 0 aromatic heterocycles. The minimum atomic E-state index is -0.504. The van der Waals surface area contributed by atoms with E-state index in [9.17, 15) is 35.1 Å². The number of hydrogen-bond acceptors (Lipinski definition) is 11. The fraction of sp³-hybridized carbons (Fsp3) is 0.0769. The number of rotatable bonds is 9. The van der Waals surface area contributed by atoms with Crippen LogP contribution in [0, 0.1) is 30.3 Å². The summed E-state index contributed by atoms with van der Waals surface area (Å²) in [4.78, 5) is 47.9. The summed E-state index contributed by atoms with van der Waals surface area (Å²) in [6.07, 6.45) is 0. The molecule has 11 nitrogen and oxygen atoms in total. The topological polar surface area (TPSA) is 159 Å². The molecule has 0 N–H and O–H groups in total. The lowest BCUT2D eigenvalue weighted by molar-refractivity contribution is -0.385. The monoisotopic (exact) mass is 594 g/mol. The van der Waals surface area contributed by atoms with Crippen molar-refractivity contribution in [2.75, 3.05) is 0 Å². The summed E-state index contributed by atoms with van der Waals surface area (Å²) in [5.74, 6) is -0.263. The highest BCUT2D eigenvalue weighted by molar-refractivity contribution is 8.06. The maximum absolute atomic E-state index is 13.7. The van der Waals surface area contributed by atoms with Crippen molar-refractivity contribution in [1.82, 2.24) is 0 Å². The maximum Gasteiger partial charge on any atom is 0.269 e. The van der Waals surface area contributed by atoms with Gasteiger partial charge in [-0.1, -0.05) is 23.5 Å². The van der Waals surface area contributed by atoms with E-state index in [0.717, 1.165) is 35.5 Å². The van der Waals surface area contributed by atoms with Crippen molar-refractivity contribution in [2.24, 2.45) is 4.40 Å². The van der Waals surface area contributed by atoms with Crippen LogP contribution in [0.25, 0.3) is 0 Å². The lowest BCUT2D eigenvalue weighted by Gasteiger charge is -2.22. The predicted molar refractivity (Wildman–Crippen MR) is 155 cm³/mol. The number of non-ortho nitro benzene ring substituents is 3. The molecule has 0 unspecified atom stereocenters. The zero-order chi connectivity index (χ0) is 29.0. The number of nitrogens with zero attached hydrogens (tertiary/aromatic N) is 4. The first-order valence-corrected chi connectivity index (χ1v) is 13.8. The van der Waals surface area contributed by atoms with E-state index >= 15 is 0 Å². The van der Waals surface area contributed by atoms with Crippen molar-refractivity contribution < 1.29 is 19.6 Å². The zero-order valence-corrected chi connectivity index (χ0v) is 23.2. The first-order chi connectivity index (χ1) is 19.0. The predicted octanol–water partition coefficient (Wildman–Crippen LogP) is 7.57. The molecule has 0 bridgehead atoms. The fourth-order valence-electron chi connectivity index (χ4n) is 3.56. The van der Waals surface area contributed by atoms with Crippen molar-refractivity contribution in [2.45, 2.75) is 28.5 Å². The number of benzene rings is 3. The van der Waals surface area contributed by atoms with Crippen LogP contribution in [0.4, 0.5) is 17.1 Å². The van der Waals surface area contributed by atoms with Gasteiger partial charge in [0.25, 0.3) is 17.1 Å². The van der Waals surface area contributed by atoms with Crippen molar-refractivity contribution in [1.29, 1.82) is 0 Å². The molecule has 1 aliphatic rings. The summed E-state index contributed by atoms with van der Waals surface area (Å²) in [6, 6.07) is 17.6. The molecule has 0 aliphatic heterocycles. The van der Waals surface area contributed by atoms with Gasteiger partial charge < -0.3 is 0 Å². The molecule has 0 spiro atoms. The molecule has 0 saturated carbocycles. The molecule has 202 valence electrons. The summed E-state index contributed by atoms with van der Waals surface area (Å²) in [5, 5.41) is 33.0. The Hall–Kier alpha value is -4.27. The number of hydrogen-bond donors (Lipinski definition) is 0. The highest BCUT2D eigenvalue weighted by Gasteiger charge is 2.31. The van der Waals surface area contributed by atoms with Crippen LogP contribution in [0.1, 0.15) is 13.8 Å². The summed E-state index contributed by atoms with van der Waals surface area (Å²) in [5.41, 5.74) is 1.56. The summed E-state index contributed by atoms with van der Waals surface area (Å²) in [7, 11) is 0. The summed E-state index contributed by atoms with van der Waals surface area (Å²) >= 11 is 3.42. The van der Waals surface area contributed by atoms with Crippen molar-refractivity contribution in [3.8, 4) is 0 Å². The Morgan fingerprint density at radius 2 is 0.900 bits per heavy atom. The number of ketones is 1. The van der Waals surface area contributed by atoms with Crippen molar-refractivity contribution in [3.63, 3.8) is 0 Å². The Bertz CT molecular complexity index is 1530. The van der Waals surface area contributed by atoms with Crippen LogP contribution in [0.15, 0.2) is 113 Å². The molecular weight excluding hydrogens is 577 g/mol. The van der Waals surface area contributed by atoms with E-state index in [4.69, 9.17) is 0 Å². The van der Waals surface area contributed by atoms with Gasteiger partial charge in [0.2, 0.25) is 5.78 Å². The van der Waals surface area contributed by atoms with Gasteiger partial charge in [0, 0.05) is 63.0 Å². The van der Waals surface area contributed by atoms with Gasteiger partial charge in [-0.2, -0.15) is 0 Å². The van der Waals surface area contributed by atoms with Gasteiger partial charge in [-0.25, -0.2) is 4.40 Å². The van der Waals surface area contributed by atoms with Gasteiger partial charge in [0.05, 0.1) is 30.3 Å². The number of nitro benzene ring substituents is 3. The van der Waals surface area contributed by atoms with Crippen LogP contribution in [0.3, 0.4) is 0 Å². The molecule has 3 aromatic rings. The van der Waals surface area contributed by atoms with Crippen LogP contribution in [-0.4, -0.2) is 26.3 Å². The molecular formula is C26H18N4O7S3. The lowest BCUT2D eigenvalue weighted by atomic mass is 9.97. The fourth-order valence-corrected chi connectivity index (χ4v) is 6.26. The van der Waals surface area contributed by atoms with Crippen LogP contribution in [0.2, 0.25) is 0 Å². The van der Waals surface area contributed by atoms with E-state index in [1.807, 2.05) is 0 Å². The van der Waals surface area contributed by atoms with E-state index in [1.54, 1.807) is 50.2 Å². The number of carbonyl (C=O) groups excluding carboxylic acids is 1. The Labute approximate surface area is 240 Å². The van der Waals surface area contributed by atoms with Gasteiger partial charge in [0.15, 0.2) is 0 Å². The average molecular weight is 595 g/mol. The largest absolute Gasteiger partial charge is 0.287 e. The quantitative estimate of drug-likeness (QED) is 0.105. The van der Waals surface area contributed by atoms with Crippen LogP contribution < -0.4 is 0 Å². The van der Waals surface area contributed by atoms with Crippen LogP contribution in [-0.2, 0) is 4.79 Å². The molecule has 0 amide bonds. The van der Waals surface area contributed by atoms with E-state index in [0.29, 0.717) is 41.4 Å². The van der Waals surface area contributed by atoms with E-state index in [-0.39, 0.29) is 22.8 Å². The van der Waals surface area contributed by atoms with Crippen molar-refractivity contribution in [3.05, 3.63) is 124 Å². The average Bonchev–Trinajstić information content (AvgIpc) is 2.94. The molecule has 4 rings (SSSR count). The Morgan fingerprint density at radius 1 is 0.575 bits per heavy atom. The molecule has 40 heavy (non-hydrogen) atoms. The minimum absolute atomic E-state index is 0.0454. The Kier molecular flexibility index (Phi) is 8.82. The molecule has 14 heteroatoms. The molecule has 0 radical (unpaired) electrons. The van der Waals surface area contributed by atoms with E-state index < -0.39 is 14.8 Å². The van der Waals surface area contributed by atoms with Gasteiger partial charge in [-0.05, 0) is 61.4 Å². The highest BCUT2D eigenvalue weighted by atomic mass is 32.2. The first kappa shape index (κ1) is 28.7. The third-order valence-corrected chi connectivity index (χ3v) is 8.79. The molecule has 0 atom stereocenters. The second kappa shape index (κ2) is 12.3. The molecule has 0 heterocycles. The van der Waals surface area contributed by atoms with Gasteiger partial charge >= 0.3 is 0 Å². The van der Waals surface area contributed by atoms with Crippen LogP contribution in [0.5, 0.6) is 0 Å². The van der Waals surface area contributed by atoms with Gasteiger partial charge in [-0.3, -0.25) is 35.1 Å². The minimum Gasteiger partial charge on any atom is -0.287 e. The van der Waals surface area contributed by atoms with E-state index in [1.165, 1.54) is 36.4 Å². The Morgan fingerprint density at radius 3 is 1.23 bits per heavy atom. The van der Waals surface area contributed by atoms with Crippen LogP contribution >= 0.6 is 35.5 Å². The smallest absolute Gasteiger partial charge is 0.269 e. The number of nitro groups is 3. The highest BCUT2D eigenvalue weighted by Crippen LogP contribution is 2.43. The lowest BCUT2D eigenvalue weighted by Crippen LogP contribution is -2.19. The number of thioether (sulfide) groups is 2. The third-order valence-electron chi connectivity index (χ3n) is 5.63. The van der Waals surface area contributed by atoms with E-state index in [2.05, 4.69) is 4.40 Å². The first-order valence-electron chi connectivity index (χ1n) is 11.4. The molecule has 1 aliphatic carbocycles. The SMILES string of the molecule is CC1=C(Sc2ccc([N+](=O)[O-])cc2)C(=O)C(Sc2ccc([N+](=O)[O-])cc2)=C(C)C1=NSc1ccc([N+](=O)[O-])cc1. The summed E-state index contributed by atoms with van der Waals surface area (Å²) < 4.78 is 4.67. The third kappa shape index (κ3) is 6.47. The van der Waals surface area contributed by atoms with Crippen molar-refractivity contribution >= 4 is 64.0 Å². The van der Waals surface area contributed by atoms with Gasteiger partial charge in [-0.15, -0.1) is 0 Å². The standard InChI is InChI=1S/C26H18N4O7S3/c1-15-23(27-40-22-13-7-19(8-14-22)30(36)37)16(2)26(39-21-11-5-18(6-12-21)29(34)35)24(31)25(15)38-20-9-3-17(4-10-20)28(32)33/h3-14H,1-2H3. The van der Waals surface area contributed by atoms with Gasteiger partial charge in [0.1, 0.15) is 0 Å². The molecule has 0 saturated heterocycles. The number of allylic oxidation sites excluding steroid dienone is 4. The second-order valence-corrected chi connectivity index (χ2v) is 11.2. The number of carbonyl (C=O) groups is 1. The molecule has 0 fully saturated rings. The normalized spacial score (nSPS) is 13.4. The zero-order valence-electron chi connectivity index (χ0n) is 20.8. The molecule has 3 aromatic carbocycles. The second-order valence-electron chi connectivity index (χ2n) is 8.23. The Balaban J connectivity index is 1.72. The number of Topliss-reactive ketones (excluding diaryl/α,β-unsaturated/α-hetero) is 1. The summed E-state index contributed by atoms with van der Waals surface area (Å²) in [6.45, 7) is 3.52.